The molecule has 2 aromatic rings. The van der Waals surface area contributed by atoms with Gasteiger partial charge in [0.2, 0.25) is 0 Å². The lowest BCUT2D eigenvalue weighted by Gasteiger charge is -2.17. The molecule has 20 heavy (non-hydrogen) atoms. The van der Waals surface area contributed by atoms with Gasteiger partial charge in [-0.2, -0.15) is 0 Å². The van der Waals surface area contributed by atoms with E-state index in [1.165, 1.54) is 11.6 Å². The van der Waals surface area contributed by atoms with Crippen molar-refractivity contribution in [3.05, 3.63) is 40.7 Å². The van der Waals surface area contributed by atoms with Crippen molar-refractivity contribution in [2.75, 3.05) is 0 Å². The Morgan fingerprint density at radius 2 is 2.00 bits per heavy atom. The largest absolute Gasteiger partial charge is 0.308 e. The fourth-order valence-corrected chi connectivity index (χ4v) is 2.76. The maximum absolute atomic E-state index is 13.9. The first-order valence-corrected chi connectivity index (χ1v) is 7.80. The molecule has 2 heterocycles. The molecule has 2 rings (SSSR count). The Morgan fingerprint density at radius 1 is 1.25 bits per heavy atom. The fourth-order valence-electron chi connectivity index (χ4n) is 1.86. The smallest absolute Gasteiger partial charge is 0.146 e. The summed E-state index contributed by atoms with van der Waals surface area (Å²) in [7, 11) is 0. The molecule has 0 spiro atoms. The molecule has 108 valence electrons. The summed E-state index contributed by atoms with van der Waals surface area (Å²) in [5.74, 6) is 0.271. The van der Waals surface area contributed by atoms with Gasteiger partial charge in [0.05, 0.1) is 16.3 Å². The van der Waals surface area contributed by atoms with Crippen molar-refractivity contribution >= 4 is 11.3 Å². The van der Waals surface area contributed by atoms with Gasteiger partial charge in [0.15, 0.2) is 0 Å². The normalized spacial score (nSPS) is 12.9. The number of halogens is 1. The van der Waals surface area contributed by atoms with Crippen LogP contribution in [0.4, 0.5) is 4.39 Å². The first-order chi connectivity index (χ1) is 9.49. The molecule has 0 saturated heterocycles. The highest BCUT2D eigenvalue weighted by Crippen LogP contribution is 2.28. The van der Waals surface area contributed by atoms with E-state index in [2.05, 4.69) is 44.1 Å². The maximum Gasteiger partial charge on any atom is 0.146 e. The van der Waals surface area contributed by atoms with Crippen LogP contribution in [-0.4, -0.2) is 11.0 Å². The molecule has 0 aliphatic carbocycles. The number of aryl methyl sites for hydroxylation is 1. The molecule has 0 saturated carbocycles. The predicted molar refractivity (Wildman–Crippen MR) is 83.4 cm³/mol. The van der Waals surface area contributed by atoms with Gasteiger partial charge in [-0.3, -0.25) is 0 Å². The Balaban J connectivity index is 2.19. The molecule has 0 bridgehead atoms. The number of pyridine rings is 1. The van der Waals surface area contributed by atoms with Crippen LogP contribution in [-0.2, 0) is 6.54 Å². The molecule has 0 fully saturated rings. The topological polar surface area (TPSA) is 24.9 Å². The first-order valence-electron chi connectivity index (χ1n) is 6.92. The lowest BCUT2D eigenvalue weighted by Crippen LogP contribution is -2.30. The van der Waals surface area contributed by atoms with Crippen molar-refractivity contribution in [2.24, 2.45) is 5.92 Å². The number of thiophene rings is 1. The van der Waals surface area contributed by atoms with E-state index in [4.69, 9.17) is 0 Å². The summed E-state index contributed by atoms with van der Waals surface area (Å²) in [5.41, 5.74) is 2.53. The minimum absolute atomic E-state index is 0.244. The average Bonchev–Trinajstić information content (AvgIpc) is 2.83. The minimum Gasteiger partial charge on any atom is -0.308 e. The second kappa shape index (κ2) is 6.46. The van der Waals surface area contributed by atoms with E-state index >= 15 is 0 Å². The summed E-state index contributed by atoms with van der Waals surface area (Å²) in [6.45, 7) is 8.91. The number of hydrogen-bond acceptors (Lipinski definition) is 3. The van der Waals surface area contributed by atoms with E-state index in [0.29, 0.717) is 24.2 Å². The summed E-state index contributed by atoms with van der Waals surface area (Å²) in [5, 5.41) is 5.36. The van der Waals surface area contributed by atoms with Crippen LogP contribution in [0.3, 0.4) is 0 Å². The summed E-state index contributed by atoms with van der Waals surface area (Å²) in [4.78, 5) is 5.59. The molecule has 0 aromatic carbocycles. The van der Waals surface area contributed by atoms with Crippen LogP contribution in [0.25, 0.3) is 10.6 Å². The van der Waals surface area contributed by atoms with E-state index in [0.717, 1.165) is 10.6 Å². The van der Waals surface area contributed by atoms with Crippen LogP contribution >= 0.6 is 11.3 Å². The number of rotatable bonds is 5. The van der Waals surface area contributed by atoms with Gasteiger partial charge >= 0.3 is 0 Å². The summed E-state index contributed by atoms with van der Waals surface area (Å²) < 4.78 is 13.9. The zero-order chi connectivity index (χ0) is 14.7. The predicted octanol–water partition coefficient (Wildman–Crippen LogP) is 4.39. The third-order valence-corrected chi connectivity index (χ3v) is 4.64. The monoisotopic (exact) mass is 292 g/mol. The highest BCUT2D eigenvalue weighted by molar-refractivity contribution is 7.13. The number of aromatic nitrogens is 1. The molecule has 0 unspecified atom stereocenters. The highest BCUT2D eigenvalue weighted by atomic mass is 32.1. The van der Waals surface area contributed by atoms with Gasteiger partial charge in [-0.1, -0.05) is 13.8 Å². The molecular weight excluding hydrogens is 271 g/mol. The van der Waals surface area contributed by atoms with E-state index in [-0.39, 0.29) is 5.82 Å². The molecule has 0 amide bonds. The molecule has 2 aromatic heterocycles. The van der Waals surface area contributed by atoms with Gasteiger partial charge in [0, 0.05) is 12.6 Å². The SMILES string of the molecule is Cc1ccsc1-c1ccc(F)c(CN[C@H](C)C(C)C)n1. The Hall–Kier alpha value is -1.26. The van der Waals surface area contributed by atoms with Crippen LogP contribution in [0, 0.1) is 18.7 Å². The summed E-state index contributed by atoms with van der Waals surface area (Å²) in [6.07, 6.45) is 0. The molecule has 1 N–H and O–H groups in total. The second-order valence-electron chi connectivity index (χ2n) is 5.47. The van der Waals surface area contributed by atoms with Crippen LogP contribution in [0.1, 0.15) is 32.0 Å². The summed E-state index contributed by atoms with van der Waals surface area (Å²) >= 11 is 1.64. The Labute approximate surface area is 124 Å². The Bertz CT molecular complexity index is 578. The van der Waals surface area contributed by atoms with Crippen molar-refractivity contribution in [1.82, 2.24) is 10.3 Å². The van der Waals surface area contributed by atoms with Gasteiger partial charge in [0.25, 0.3) is 0 Å². The van der Waals surface area contributed by atoms with Crippen molar-refractivity contribution in [1.29, 1.82) is 0 Å². The van der Waals surface area contributed by atoms with Crippen molar-refractivity contribution in [3.63, 3.8) is 0 Å². The van der Waals surface area contributed by atoms with Crippen molar-refractivity contribution < 1.29 is 4.39 Å². The van der Waals surface area contributed by atoms with Gasteiger partial charge < -0.3 is 5.32 Å². The highest BCUT2D eigenvalue weighted by Gasteiger charge is 2.12. The van der Waals surface area contributed by atoms with E-state index in [9.17, 15) is 4.39 Å². The average molecular weight is 292 g/mol. The van der Waals surface area contributed by atoms with Crippen LogP contribution in [0.2, 0.25) is 0 Å². The maximum atomic E-state index is 13.9. The second-order valence-corrected chi connectivity index (χ2v) is 6.39. The van der Waals surface area contributed by atoms with Gasteiger partial charge in [0.1, 0.15) is 5.82 Å². The quantitative estimate of drug-likeness (QED) is 0.884. The summed E-state index contributed by atoms with van der Waals surface area (Å²) in [6, 6.07) is 5.66. The van der Waals surface area contributed by atoms with E-state index in [1.807, 2.05) is 5.38 Å². The Morgan fingerprint density at radius 3 is 2.60 bits per heavy atom. The van der Waals surface area contributed by atoms with Gasteiger partial charge in [-0.15, -0.1) is 11.3 Å². The van der Waals surface area contributed by atoms with Gasteiger partial charge in [-0.05, 0) is 48.9 Å². The molecule has 0 aliphatic heterocycles. The van der Waals surface area contributed by atoms with Crippen LogP contribution in [0.15, 0.2) is 23.6 Å². The number of hydrogen-bond donors (Lipinski definition) is 1. The third kappa shape index (κ3) is 3.44. The fraction of sp³-hybridized carbons (Fsp3) is 0.438. The lowest BCUT2D eigenvalue weighted by atomic mass is 10.1. The van der Waals surface area contributed by atoms with Crippen molar-refractivity contribution in [3.8, 4) is 10.6 Å². The lowest BCUT2D eigenvalue weighted by molar-refractivity contribution is 0.418. The standard InChI is InChI=1S/C16H21FN2S/c1-10(2)12(4)18-9-15-13(17)5-6-14(19-15)16-11(3)7-8-20-16/h5-8,10,12,18H,9H2,1-4H3/t12-/m1/s1. The molecule has 4 heteroatoms. The van der Waals surface area contributed by atoms with Crippen LogP contribution < -0.4 is 5.32 Å². The van der Waals surface area contributed by atoms with E-state index < -0.39 is 0 Å². The van der Waals surface area contributed by atoms with E-state index in [1.54, 1.807) is 17.4 Å². The zero-order valence-electron chi connectivity index (χ0n) is 12.4. The number of nitrogens with zero attached hydrogens (tertiary/aromatic N) is 1. The molecule has 0 aliphatic rings. The molecule has 2 nitrogen and oxygen atoms in total. The first kappa shape index (κ1) is 15.1. The zero-order valence-corrected chi connectivity index (χ0v) is 13.2. The molecule has 1 atom stereocenters. The molecular formula is C16H21FN2S. The minimum atomic E-state index is -0.244. The Kier molecular flexibility index (Phi) is 4.89. The van der Waals surface area contributed by atoms with Gasteiger partial charge in [-0.25, -0.2) is 9.37 Å². The van der Waals surface area contributed by atoms with Crippen LogP contribution in [0.5, 0.6) is 0 Å². The third-order valence-electron chi connectivity index (χ3n) is 3.60. The number of nitrogens with one attached hydrogen (secondary N) is 1. The molecule has 0 radical (unpaired) electrons. The van der Waals surface area contributed by atoms with Crippen molar-refractivity contribution in [2.45, 2.75) is 40.3 Å².